The molecule has 1 atom stereocenters. The highest BCUT2D eigenvalue weighted by atomic mass is 35.5. The zero-order chi connectivity index (χ0) is 21.2. The Bertz CT molecular complexity index is 919. The van der Waals surface area contributed by atoms with Crippen LogP contribution in [0, 0.1) is 0 Å². The Kier molecular flexibility index (Phi) is 6.19. The normalized spacial score (nSPS) is 17.7. The molecule has 0 aliphatic heterocycles. The Balaban J connectivity index is 1.82. The Labute approximate surface area is 170 Å². The van der Waals surface area contributed by atoms with Crippen molar-refractivity contribution in [1.82, 2.24) is 0 Å². The second kappa shape index (κ2) is 8.31. The van der Waals surface area contributed by atoms with E-state index in [2.05, 4.69) is 4.74 Å². The van der Waals surface area contributed by atoms with Crippen molar-refractivity contribution < 1.29 is 32.5 Å². The van der Waals surface area contributed by atoms with Crippen molar-refractivity contribution in [3.05, 3.63) is 58.1 Å². The van der Waals surface area contributed by atoms with Gasteiger partial charge in [0.2, 0.25) is 5.60 Å². The van der Waals surface area contributed by atoms with Crippen LogP contribution in [0.15, 0.2) is 36.4 Å². The van der Waals surface area contributed by atoms with E-state index in [9.17, 15) is 23.1 Å². The number of nitrogens with two attached hydrogens (primary N) is 1. The molecule has 0 bridgehead atoms. The maximum absolute atomic E-state index is 13.9. The molecule has 0 unspecified atom stereocenters. The molecule has 29 heavy (non-hydrogen) atoms. The fourth-order valence-corrected chi connectivity index (χ4v) is 3.79. The van der Waals surface area contributed by atoms with Crippen LogP contribution in [-0.2, 0) is 26.5 Å². The fraction of sp³-hybridized carbons (Fsp3) is 0.350. The zero-order valence-corrected chi connectivity index (χ0v) is 16.0. The summed E-state index contributed by atoms with van der Waals surface area (Å²) < 4.78 is 51.7. The molecule has 0 aromatic heterocycles. The number of rotatable bonds is 7. The lowest BCUT2D eigenvalue weighted by molar-refractivity contribution is -0.246. The molecular weight excluding hydrogens is 411 g/mol. The molecule has 0 heterocycles. The molecule has 3 N–H and O–H groups in total. The van der Waals surface area contributed by atoms with Crippen molar-refractivity contribution in [1.29, 1.82) is 0 Å². The van der Waals surface area contributed by atoms with E-state index >= 15 is 0 Å². The number of esters is 1. The highest BCUT2D eigenvalue weighted by Gasteiger charge is 2.61. The minimum absolute atomic E-state index is 0.0246. The minimum Gasteiger partial charge on any atom is -0.450 e. The van der Waals surface area contributed by atoms with Crippen LogP contribution >= 0.6 is 11.6 Å². The number of hydrogen-bond acceptors (Lipinski definition) is 5. The van der Waals surface area contributed by atoms with Crippen molar-refractivity contribution in [2.24, 2.45) is 5.73 Å². The molecule has 3 rings (SSSR count). The number of carbonyl (C=O) groups is 1. The predicted octanol–water partition coefficient (Wildman–Crippen LogP) is 3.87. The maximum atomic E-state index is 13.9. The molecule has 0 amide bonds. The van der Waals surface area contributed by atoms with Crippen molar-refractivity contribution in [3.8, 4) is 11.1 Å². The molecular formula is C20H19ClF3NO4. The summed E-state index contributed by atoms with van der Waals surface area (Å²) >= 11 is 6.29. The first-order chi connectivity index (χ1) is 13.7. The molecule has 1 aliphatic carbocycles. The summed E-state index contributed by atoms with van der Waals surface area (Å²) in [5, 5.41) is 10.8. The van der Waals surface area contributed by atoms with E-state index in [0.717, 1.165) is 0 Å². The minimum atomic E-state index is -4.93. The molecule has 2 aromatic rings. The number of halogens is 4. The Morgan fingerprint density at radius 2 is 1.93 bits per heavy atom. The van der Waals surface area contributed by atoms with E-state index < -0.39 is 17.7 Å². The van der Waals surface area contributed by atoms with Gasteiger partial charge in [0.05, 0.1) is 6.61 Å². The van der Waals surface area contributed by atoms with Crippen molar-refractivity contribution in [2.45, 2.75) is 31.2 Å². The molecule has 0 saturated heterocycles. The summed E-state index contributed by atoms with van der Waals surface area (Å²) in [6.07, 6.45) is -4.44. The van der Waals surface area contributed by atoms with Gasteiger partial charge < -0.3 is 14.6 Å². The van der Waals surface area contributed by atoms with Crippen LogP contribution < -0.4 is 5.73 Å². The van der Waals surface area contributed by atoms with Crippen molar-refractivity contribution in [2.75, 3.05) is 13.3 Å². The first-order valence-corrected chi connectivity index (χ1v) is 9.23. The number of benzene rings is 2. The average molecular weight is 430 g/mol. The van der Waals surface area contributed by atoms with Gasteiger partial charge in [0, 0.05) is 34.7 Å². The van der Waals surface area contributed by atoms with E-state index in [1.807, 2.05) is 0 Å². The molecule has 0 spiro atoms. The first-order valence-electron chi connectivity index (χ1n) is 8.85. The third kappa shape index (κ3) is 3.98. The van der Waals surface area contributed by atoms with E-state index in [-0.39, 0.29) is 53.6 Å². The lowest BCUT2D eigenvalue weighted by Crippen LogP contribution is -2.41. The highest BCUT2D eigenvalue weighted by molar-refractivity contribution is 6.34. The summed E-state index contributed by atoms with van der Waals surface area (Å²) in [5.74, 6) is -0.454. The Hall–Kier alpha value is -2.13. The van der Waals surface area contributed by atoms with E-state index in [0.29, 0.717) is 12.0 Å². The van der Waals surface area contributed by atoms with Gasteiger partial charge in [0.1, 0.15) is 6.73 Å². The number of hydrogen-bond donors (Lipinski definition) is 2. The van der Waals surface area contributed by atoms with Gasteiger partial charge >= 0.3 is 12.1 Å². The first kappa shape index (κ1) is 21.6. The quantitative estimate of drug-likeness (QED) is 0.396. The molecule has 5 nitrogen and oxygen atoms in total. The number of alkyl halides is 3. The van der Waals surface area contributed by atoms with Crippen LogP contribution in [0.1, 0.15) is 29.5 Å². The molecule has 0 radical (unpaired) electrons. The highest BCUT2D eigenvalue weighted by Crippen LogP contribution is 2.56. The van der Waals surface area contributed by atoms with Crippen molar-refractivity contribution >= 4 is 17.6 Å². The van der Waals surface area contributed by atoms with Gasteiger partial charge in [0.25, 0.3) is 0 Å². The fourth-order valence-electron chi connectivity index (χ4n) is 3.45. The van der Waals surface area contributed by atoms with Crippen LogP contribution in [0.5, 0.6) is 0 Å². The smallest absolute Gasteiger partial charge is 0.425 e. The monoisotopic (exact) mass is 429 g/mol. The molecule has 9 heteroatoms. The van der Waals surface area contributed by atoms with Gasteiger partial charge in [-0.15, -0.1) is 0 Å². The lowest BCUT2D eigenvalue weighted by Gasteiger charge is -2.28. The third-order valence-corrected chi connectivity index (χ3v) is 5.02. The average Bonchev–Trinajstić information content (AvgIpc) is 2.92. The summed E-state index contributed by atoms with van der Waals surface area (Å²) in [6.45, 7) is -0.0286. The Morgan fingerprint density at radius 1 is 1.21 bits per heavy atom. The van der Waals surface area contributed by atoms with Gasteiger partial charge in [0.15, 0.2) is 0 Å². The summed E-state index contributed by atoms with van der Waals surface area (Å²) in [4.78, 5) is 11.2. The van der Waals surface area contributed by atoms with E-state index in [1.54, 1.807) is 6.07 Å². The van der Waals surface area contributed by atoms with Crippen LogP contribution in [0.4, 0.5) is 13.2 Å². The number of carbonyl (C=O) groups excluding carboxylic acids is 1. The molecule has 0 saturated carbocycles. The van der Waals surface area contributed by atoms with E-state index in [4.69, 9.17) is 22.1 Å². The Morgan fingerprint density at radius 3 is 2.62 bits per heavy atom. The molecule has 1 aliphatic rings. The molecule has 0 fully saturated rings. The third-order valence-electron chi connectivity index (χ3n) is 4.72. The number of aliphatic hydroxyl groups is 1. The van der Waals surface area contributed by atoms with Crippen molar-refractivity contribution in [3.63, 3.8) is 0 Å². The zero-order valence-electron chi connectivity index (χ0n) is 15.3. The summed E-state index contributed by atoms with van der Waals surface area (Å²) in [7, 11) is 0. The van der Waals surface area contributed by atoms with E-state index in [1.165, 1.54) is 30.3 Å². The van der Waals surface area contributed by atoms with Crippen LogP contribution in [0.25, 0.3) is 11.1 Å². The maximum Gasteiger partial charge on any atom is 0.425 e. The lowest BCUT2D eigenvalue weighted by atomic mass is 9.90. The topological polar surface area (TPSA) is 81.8 Å². The van der Waals surface area contributed by atoms with Gasteiger partial charge in [-0.3, -0.25) is 10.5 Å². The molecule has 2 aromatic carbocycles. The van der Waals surface area contributed by atoms with Crippen LogP contribution in [-0.4, -0.2) is 30.6 Å². The molecule has 156 valence electrons. The summed E-state index contributed by atoms with van der Waals surface area (Å²) in [5.41, 5.74) is 2.17. The van der Waals surface area contributed by atoms with Gasteiger partial charge in [-0.2, -0.15) is 13.2 Å². The SMILES string of the molecule is NCOC(=O)CCCOCc1cc(Cl)c2c(c1)[C@@](O)(C(F)(F)F)c1ccccc1-2. The number of ether oxygens (including phenoxy) is 2. The standard InChI is InChI=1S/C20H19ClF3NO4/c21-16-9-12(10-28-7-3-6-17(26)29-11-25)8-15-18(16)13-4-1-2-5-14(13)19(15,27)20(22,23)24/h1-2,4-5,8-9,27H,3,6-7,10-11,25H2/t19-/m1/s1. The van der Waals surface area contributed by atoms with Crippen LogP contribution in [0.2, 0.25) is 5.02 Å². The second-order valence-electron chi connectivity index (χ2n) is 6.59. The van der Waals surface area contributed by atoms with Gasteiger partial charge in [-0.25, -0.2) is 0 Å². The number of fused-ring (bicyclic) bond motifs is 3. The van der Waals surface area contributed by atoms with Gasteiger partial charge in [-0.1, -0.05) is 35.9 Å². The largest absolute Gasteiger partial charge is 0.450 e. The summed E-state index contributed by atoms with van der Waals surface area (Å²) in [6, 6.07) is 8.55. The second-order valence-corrected chi connectivity index (χ2v) is 7.00. The van der Waals surface area contributed by atoms with Crippen LogP contribution in [0.3, 0.4) is 0 Å². The predicted molar refractivity (Wildman–Crippen MR) is 100.0 cm³/mol. The van der Waals surface area contributed by atoms with Gasteiger partial charge in [-0.05, 0) is 29.7 Å².